The molecule has 18 heavy (non-hydrogen) atoms. The zero-order valence-electron chi connectivity index (χ0n) is 8.26. The van der Waals surface area contributed by atoms with Crippen molar-refractivity contribution in [3.05, 3.63) is 0 Å². The Morgan fingerprint density at radius 2 is 1.39 bits per heavy atom. The third kappa shape index (κ3) is 3.30. The van der Waals surface area contributed by atoms with Gasteiger partial charge in [0, 0.05) is 0 Å². The van der Waals surface area contributed by atoms with Gasteiger partial charge in [-0.25, -0.2) is 9.59 Å². The van der Waals surface area contributed by atoms with Gasteiger partial charge in [0.1, 0.15) is 0 Å². The summed E-state index contributed by atoms with van der Waals surface area (Å²) in [5.41, 5.74) is 8.22. The van der Waals surface area contributed by atoms with Gasteiger partial charge < -0.3 is 20.9 Å². The minimum atomic E-state index is -6.16. The highest BCUT2D eigenvalue weighted by molar-refractivity contribution is 5.65. The Labute approximate surface area is 94.8 Å². The summed E-state index contributed by atoms with van der Waals surface area (Å²) in [6, 6.07) is 0. The van der Waals surface area contributed by atoms with Gasteiger partial charge in [0.25, 0.3) is 0 Å². The number of alkyl halides is 6. The predicted molar refractivity (Wildman–Crippen MR) is 41.0 cm³/mol. The molecule has 0 aliphatic rings. The highest BCUT2D eigenvalue weighted by Crippen LogP contribution is 2.46. The predicted octanol–water partition coefficient (Wildman–Crippen LogP) is 1.04. The third-order valence-electron chi connectivity index (χ3n) is 1.45. The molecule has 0 atom stereocenters. The van der Waals surface area contributed by atoms with E-state index in [1.165, 1.54) is 0 Å². The Morgan fingerprint density at radius 1 is 0.944 bits per heavy atom. The smallest absolute Gasteiger partial charge is 0.443 e. The van der Waals surface area contributed by atoms with E-state index in [9.17, 15) is 35.9 Å². The van der Waals surface area contributed by atoms with Gasteiger partial charge in [-0.1, -0.05) is 0 Å². The largest absolute Gasteiger partial charge is 0.474 e. The van der Waals surface area contributed by atoms with Crippen molar-refractivity contribution in [2.75, 3.05) is 6.61 Å². The van der Waals surface area contributed by atoms with Crippen LogP contribution in [0.4, 0.5) is 35.9 Å². The molecule has 12 heteroatoms. The van der Waals surface area contributed by atoms with E-state index in [-0.39, 0.29) is 0 Å². The quantitative estimate of drug-likeness (QED) is 0.736. The molecule has 0 saturated heterocycles. The SMILES string of the molecule is NC(=O)OCC(F)(F)C(F)(F)C(F)(F)OC(N)=O. The number of primary amides is 2. The van der Waals surface area contributed by atoms with Crippen molar-refractivity contribution in [1.29, 1.82) is 0 Å². The van der Waals surface area contributed by atoms with Crippen LogP contribution in [0.5, 0.6) is 0 Å². The summed E-state index contributed by atoms with van der Waals surface area (Å²) in [5.74, 6) is -11.7. The minimum absolute atomic E-state index is 1.88. The lowest BCUT2D eigenvalue weighted by Gasteiger charge is -2.30. The van der Waals surface area contributed by atoms with E-state index in [1.807, 2.05) is 0 Å². The number of ether oxygens (including phenoxy) is 2. The van der Waals surface area contributed by atoms with Gasteiger partial charge in [0.15, 0.2) is 6.61 Å². The van der Waals surface area contributed by atoms with E-state index >= 15 is 0 Å². The molecular weight excluding hydrogens is 278 g/mol. The summed E-state index contributed by atoms with van der Waals surface area (Å²) in [5, 5.41) is 0. The first-order valence-corrected chi connectivity index (χ1v) is 3.87. The van der Waals surface area contributed by atoms with Crippen LogP contribution < -0.4 is 11.5 Å². The Morgan fingerprint density at radius 3 is 1.72 bits per heavy atom. The molecule has 106 valence electrons. The molecule has 0 fully saturated rings. The molecule has 0 aliphatic heterocycles. The van der Waals surface area contributed by atoms with Crippen LogP contribution in [0.25, 0.3) is 0 Å². The monoisotopic (exact) mass is 284 g/mol. The molecule has 0 bridgehead atoms. The maximum atomic E-state index is 12.7. The molecule has 0 rings (SSSR count). The lowest BCUT2D eigenvalue weighted by molar-refractivity contribution is -0.383. The average Bonchev–Trinajstić information content (AvgIpc) is 2.12. The van der Waals surface area contributed by atoms with E-state index in [0.29, 0.717) is 0 Å². The Kier molecular flexibility index (Phi) is 4.28. The second-order valence-corrected chi connectivity index (χ2v) is 2.82. The van der Waals surface area contributed by atoms with Crippen molar-refractivity contribution >= 4 is 12.2 Å². The van der Waals surface area contributed by atoms with Crippen molar-refractivity contribution in [1.82, 2.24) is 0 Å². The Hall–Kier alpha value is -1.88. The number of nitrogens with two attached hydrogens (primary N) is 2. The van der Waals surface area contributed by atoms with Crippen LogP contribution >= 0.6 is 0 Å². The third-order valence-corrected chi connectivity index (χ3v) is 1.45. The van der Waals surface area contributed by atoms with Crippen molar-refractivity contribution < 1.29 is 45.4 Å². The highest BCUT2D eigenvalue weighted by Gasteiger charge is 2.75. The number of rotatable bonds is 5. The van der Waals surface area contributed by atoms with Crippen molar-refractivity contribution in [2.24, 2.45) is 11.5 Å². The molecule has 0 aromatic carbocycles. The summed E-state index contributed by atoms with van der Waals surface area (Å²) >= 11 is 0. The van der Waals surface area contributed by atoms with Crippen LogP contribution in [0.1, 0.15) is 0 Å². The second kappa shape index (κ2) is 4.78. The number of amides is 2. The molecule has 2 amide bonds. The number of hydrogen-bond acceptors (Lipinski definition) is 4. The number of carbonyl (C=O) groups is 2. The first-order valence-electron chi connectivity index (χ1n) is 3.87. The van der Waals surface area contributed by atoms with Crippen LogP contribution in [0.3, 0.4) is 0 Å². The molecule has 0 saturated carbocycles. The van der Waals surface area contributed by atoms with Gasteiger partial charge >= 0.3 is 30.1 Å². The first-order chi connectivity index (χ1) is 7.83. The second-order valence-electron chi connectivity index (χ2n) is 2.82. The lowest BCUT2D eigenvalue weighted by Crippen LogP contribution is -2.58. The maximum Gasteiger partial charge on any atom is 0.474 e. The lowest BCUT2D eigenvalue weighted by atomic mass is 10.1. The van der Waals surface area contributed by atoms with Gasteiger partial charge in [0.05, 0.1) is 0 Å². The highest BCUT2D eigenvalue weighted by atomic mass is 19.3. The maximum absolute atomic E-state index is 12.7. The van der Waals surface area contributed by atoms with E-state index in [1.54, 1.807) is 0 Å². The fraction of sp³-hybridized carbons (Fsp3) is 0.667. The van der Waals surface area contributed by atoms with Gasteiger partial charge in [-0.15, -0.1) is 0 Å². The van der Waals surface area contributed by atoms with Crippen LogP contribution in [0.15, 0.2) is 0 Å². The molecule has 6 nitrogen and oxygen atoms in total. The number of carbonyl (C=O) groups excluding carboxylic acids is 2. The standard InChI is InChI=1S/C6H6F6N2O4/c7-4(8,1-17-2(13)15)5(9,10)6(11,12)18-3(14)16/h1H2,(H2,13,15)(H2,14,16). The average molecular weight is 284 g/mol. The normalized spacial score (nSPS) is 13.0. The zero-order valence-corrected chi connectivity index (χ0v) is 8.26. The van der Waals surface area contributed by atoms with E-state index in [2.05, 4.69) is 20.9 Å². The molecule has 0 unspecified atom stereocenters. The molecule has 0 heterocycles. The molecule has 0 spiro atoms. The van der Waals surface area contributed by atoms with Crippen LogP contribution in [0.2, 0.25) is 0 Å². The number of halogens is 6. The fourth-order valence-electron chi connectivity index (χ4n) is 0.656. The number of hydrogen-bond donors (Lipinski definition) is 2. The Balaban J connectivity index is 5.08. The summed E-state index contributed by atoms with van der Waals surface area (Å²) in [7, 11) is 0. The van der Waals surface area contributed by atoms with Crippen LogP contribution in [-0.2, 0) is 9.47 Å². The summed E-state index contributed by atoms with van der Waals surface area (Å²) in [6.45, 7) is -2.44. The molecule has 4 N–H and O–H groups in total. The summed E-state index contributed by atoms with van der Waals surface area (Å²) in [4.78, 5) is 19.8. The van der Waals surface area contributed by atoms with Crippen LogP contribution in [-0.4, -0.2) is 36.7 Å². The topological polar surface area (TPSA) is 105 Å². The van der Waals surface area contributed by atoms with E-state index in [0.717, 1.165) is 0 Å². The van der Waals surface area contributed by atoms with Crippen molar-refractivity contribution in [3.8, 4) is 0 Å². The van der Waals surface area contributed by atoms with Gasteiger partial charge in [0.2, 0.25) is 0 Å². The van der Waals surface area contributed by atoms with Crippen molar-refractivity contribution in [2.45, 2.75) is 18.0 Å². The Bertz CT molecular complexity index is 347. The van der Waals surface area contributed by atoms with Gasteiger partial charge in [-0.3, -0.25) is 0 Å². The molecule has 0 aromatic heterocycles. The van der Waals surface area contributed by atoms with E-state index < -0.39 is 36.7 Å². The molecule has 0 radical (unpaired) electrons. The summed E-state index contributed by atoms with van der Waals surface area (Å²) < 4.78 is 81.9. The van der Waals surface area contributed by atoms with Crippen LogP contribution in [0, 0.1) is 0 Å². The minimum Gasteiger partial charge on any atom is -0.443 e. The van der Waals surface area contributed by atoms with Gasteiger partial charge in [-0.2, -0.15) is 26.3 Å². The first kappa shape index (κ1) is 16.1. The molecule has 0 aromatic rings. The summed E-state index contributed by atoms with van der Waals surface area (Å²) in [6.07, 6.45) is -10.2. The van der Waals surface area contributed by atoms with E-state index in [4.69, 9.17) is 0 Å². The van der Waals surface area contributed by atoms with Crippen molar-refractivity contribution in [3.63, 3.8) is 0 Å². The van der Waals surface area contributed by atoms with Gasteiger partial charge in [-0.05, 0) is 0 Å². The zero-order chi connectivity index (χ0) is 14.8. The molecular formula is C6H6F6N2O4. The molecule has 0 aliphatic carbocycles. The fourth-order valence-corrected chi connectivity index (χ4v) is 0.656.